The summed E-state index contributed by atoms with van der Waals surface area (Å²) in [6.45, 7) is 0. The fourth-order valence-corrected chi connectivity index (χ4v) is 2.32. The Balaban J connectivity index is 2.00. The van der Waals surface area contributed by atoms with Gasteiger partial charge in [0.1, 0.15) is 0 Å². The SMILES string of the molecule is N[C@@H](c1cccc2[nH]ccc12)[C@H](O)C1CC1. The molecule has 1 saturated carbocycles. The van der Waals surface area contributed by atoms with Crippen LogP contribution in [-0.2, 0) is 0 Å². The minimum Gasteiger partial charge on any atom is -0.391 e. The number of hydrogen-bond donors (Lipinski definition) is 3. The van der Waals surface area contributed by atoms with E-state index in [-0.39, 0.29) is 6.04 Å². The molecule has 1 aromatic heterocycles. The standard InChI is InChI=1S/C13H16N2O/c14-12(13(16)8-4-5-8)10-2-1-3-11-9(10)6-7-15-11/h1-3,6-8,12-13,15-16H,4-5,14H2/t12-,13+/m0/s1. The second kappa shape index (κ2) is 3.61. The highest BCUT2D eigenvalue weighted by atomic mass is 16.3. The quantitative estimate of drug-likeness (QED) is 0.734. The van der Waals surface area contributed by atoms with Gasteiger partial charge in [0, 0.05) is 17.1 Å². The van der Waals surface area contributed by atoms with Crippen molar-refractivity contribution in [1.29, 1.82) is 0 Å². The van der Waals surface area contributed by atoms with Gasteiger partial charge >= 0.3 is 0 Å². The average molecular weight is 216 g/mol. The van der Waals surface area contributed by atoms with E-state index in [9.17, 15) is 5.11 Å². The number of aliphatic hydroxyl groups excluding tert-OH is 1. The monoisotopic (exact) mass is 216 g/mol. The van der Waals surface area contributed by atoms with Gasteiger partial charge in [-0.3, -0.25) is 0 Å². The third-order valence-electron chi connectivity index (χ3n) is 3.46. The van der Waals surface area contributed by atoms with Crippen molar-refractivity contribution in [3.8, 4) is 0 Å². The molecule has 0 aliphatic heterocycles. The van der Waals surface area contributed by atoms with Crippen molar-refractivity contribution in [3.63, 3.8) is 0 Å². The molecule has 1 aliphatic carbocycles. The molecule has 3 heteroatoms. The molecular formula is C13H16N2O. The van der Waals surface area contributed by atoms with Gasteiger partial charge in [-0.25, -0.2) is 0 Å². The lowest BCUT2D eigenvalue weighted by molar-refractivity contribution is 0.123. The van der Waals surface area contributed by atoms with Crippen molar-refractivity contribution in [2.45, 2.75) is 25.0 Å². The number of fused-ring (bicyclic) bond motifs is 1. The first-order valence-corrected chi connectivity index (χ1v) is 5.77. The van der Waals surface area contributed by atoms with Gasteiger partial charge < -0.3 is 15.8 Å². The molecule has 0 amide bonds. The molecule has 1 heterocycles. The van der Waals surface area contributed by atoms with Crippen molar-refractivity contribution in [2.24, 2.45) is 11.7 Å². The summed E-state index contributed by atoms with van der Waals surface area (Å²) in [4.78, 5) is 3.16. The lowest BCUT2D eigenvalue weighted by atomic mass is 9.96. The van der Waals surface area contributed by atoms with Crippen molar-refractivity contribution in [1.82, 2.24) is 4.98 Å². The van der Waals surface area contributed by atoms with Crippen LogP contribution in [0.2, 0.25) is 0 Å². The highest BCUT2D eigenvalue weighted by molar-refractivity contribution is 5.83. The molecule has 0 spiro atoms. The molecule has 2 aromatic rings. The number of benzene rings is 1. The second-order valence-corrected chi connectivity index (χ2v) is 4.64. The summed E-state index contributed by atoms with van der Waals surface area (Å²) in [7, 11) is 0. The predicted octanol–water partition coefficient (Wildman–Crippen LogP) is 1.94. The Bertz CT molecular complexity index is 501. The topological polar surface area (TPSA) is 62.0 Å². The molecule has 1 aliphatic rings. The van der Waals surface area contributed by atoms with E-state index < -0.39 is 6.10 Å². The first-order chi connectivity index (χ1) is 7.77. The summed E-state index contributed by atoms with van der Waals surface area (Å²) in [5.74, 6) is 0.407. The molecule has 3 nitrogen and oxygen atoms in total. The molecule has 0 saturated heterocycles. The molecule has 1 fully saturated rings. The van der Waals surface area contributed by atoms with Crippen LogP contribution in [0.4, 0.5) is 0 Å². The van der Waals surface area contributed by atoms with Gasteiger partial charge in [-0.1, -0.05) is 12.1 Å². The third-order valence-corrected chi connectivity index (χ3v) is 3.46. The molecule has 0 radical (unpaired) electrons. The fraction of sp³-hybridized carbons (Fsp3) is 0.385. The molecule has 2 atom stereocenters. The van der Waals surface area contributed by atoms with Crippen LogP contribution in [0.3, 0.4) is 0 Å². The highest BCUT2D eigenvalue weighted by Gasteiger charge is 2.34. The maximum absolute atomic E-state index is 10.1. The largest absolute Gasteiger partial charge is 0.391 e. The number of H-pyrrole nitrogens is 1. The summed E-state index contributed by atoms with van der Waals surface area (Å²) in [5.41, 5.74) is 8.26. The number of nitrogens with two attached hydrogens (primary N) is 1. The second-order valence-electron chi connectivity index (χ2n) is 4.64. The zero-order chi connectivity index (χ0) is 11.1. The van der Waals surface area contributed by atoms with E-state index in [0.29, 0.717) is 5.92 Å². The summed E-state index contributed by atoms with van der Waals surface area (Å²) < 4.78 is 0. The summed E-state index contributed by atoms with van der Waals surface area (Å²) in [6, 6.07) is 7.76. The van der Waals surface area contributed by atoms with Gasteiger partial charge in [0.2, 0.25) is 0 Å². The van der Waals surface area contributed by atoms with Crippen LogP contribution in [0.15, 0.2) is 30.5 Å². The maximum atomic E-state index is 10.1. The van der Waals surface area contributed by atoms with Crippen molar-refractivity contribution < 1.29 is 5.11 Å². The van der Waals surface area contributed by atoms with E-state index in [4.69, 9.17) is 5.73 Å². The summed E-state index contributed by atoms with van der Waals surface area (Å²) in [6.07, 6.45) is 3.72. The Hall–Kier alpha value is -1.32. The van der Waals surface area contributed by atoms with E-state index in [1.807, 2.05) is 30.5 Å². The van der Waals surface area contributed by atoms with E-state index in [1.54, 1.807) is 0 Å². The predicted molar refractivity (Wildman–Crippen MR) is 64.0 cm³/mol. The van der Waals surface area contributed by atoms with Crippen LogP contribution < -0.4 is 5.73 Å². The molecule has 0 unspecified atom stereocenters. The van der Waals surface area contributed by atoms with Crippen molar-refractivity contribution >= 4 is 10.9 Å². The van der Waals surface area contributed by atoms with Gasteiger partial charge in [-0.05, 0) is 36.5 Å². The number of nitrogens with one attached hydrogen (secondary N) is 1. The van der Waals surface area contributed by atoms with E-state index in [2.05, 4.69) is 4.98 Å². The Morgan fingerprint density at radius 3 is 2.88 bits per heavy atom. The van der Waals surface area contributed by atoms with Crippen LogP contribution in [0.25, 0.3) is 10.9 Å². The van der Waals surface area contributed by atoms with Crippen LogP contribution in [0, 0.1) is 5.92 Å². The number of rotatable bonds is 3. The van der Waals surface area contributed by atoms with E-state index >= 15 is 0 Å². The first-order valence-electron chi connectivity index (χ1n) is 5.77. The Morgan fingerprint density at radius 1 is 1.31 bits per heavy atom. The van der Waals surface area contributed by atoms with Crippen LogP contribution >= 0.6 is 0 Å². The van der Waals surface area contributed by atoms with E-state index in [0.717, 1.165) is 29.3 Å². The van der Waals surface area contributed by atoms with Gasteiger partial charge in [-0.2, -0.15) is 0 Å². The zero-order valence-corrected chi connectivity index (χ0v) is 9.06. The molecule has 4 N–H and O–H groups in total. The Kier molecular flexibility index (Phi) is 2.23. The summed E-state index contributed by atoms with van der Waals surface area (Å²) in [5, 5.41) is 11.2. The molecule has 0 bridgehead atoms. The van der Waals surface area contributed by atoms with Crippen LogP contribution in [0.1, 0.15) is 24.4 Å². The lowest BCUT2D eigenvalue weighted by Gasteiger charge is -2.19. The number of aliphatic hydroxyl groups is 1. The minimum absolute atomic E-state index is 0.271. The van der Waals surface area contributed by atoms with Crippen LogP contribution in [0.5, 0.6) is 0 Å². The van der Waals surface area contributed by atoms with E-state index in [1.165, 1.54) is 0 Å². The van der Waals surface area contributed by atoms with Crippen molar-refractivity contribution in [3.05, 3.63) is 36.0 Å². The first kappa shape index (κ1) is 9.87. The van der Waals surface area contributed by atoms with Crippen LogP contribution in [-0.4, -0.2) is 16.2 Å². The molecule has 3 rings (SSSR count). The molecule has 16 heavy (non-hydrogen) atoms. The highest BCUT2D eigenvalue weighted by Crippen LogP contribution is 2.38. The Labute approximate surface area is 94.3 Å². The fourth-order valence-electron chi connectivity index (χ4n) is 2.32. The normalized spacial score (nSPS) is 19.9. The third kappa shape index (κ3) is 1.52. The molecule has 84 valence electrons. The van der Waals surface area contributed by atoms with Crippen molar-refractivity contribution in [2.75, 3.05) is 0 Å². The van der Waals surface area contributed by atoms with Gasteiger partial charge in [0.05, 0.1) is 12.1 Å². The smallest absolute Gasteiger partial charge is 0.0761 e. The van der Waals surface area contributed by atoms with Gasteiger partial charge in [0.25, 0.3) is 0 Å². The zero-order valence-electron chi connectivity index (χ0n) is 9.06. The number of aromatic amines is 1. The minimum atomic E-state index is -0.402. The number of hydrogen-bond acceptors (Lipinski definition) is 2. The molecule has 1 aromatic carbocycles. The molecular weight excluding hydrogens is 200 g/mol. The Morgan fingerprint density at radius 2 is 2.12 bits per heavy atom. The average Bonchev–Trinajstić information content (AvgIpc) is 3.04. The van der Waals surface area contributed by atoms with Gasteiger partial charge in [0.15, 0.2) is 0 Å². The summed E-state index contributed by atoms with van der Waals surface area (Å²) >= 11 is 0. The lowest BCUT2D eigenvalue weighted by Crippen LogP contribution is -2.27. The van der Waals surface area contributed by atoms with Gasteiger partial charge in [-0.15, -0.1) is 0 Å². The maximum Gasteiger partial charge on any atom is 0.0761 e. The number of aromatic nitrogens is 1.